The molecule has 7 nitrogen and oxygen atoms in total. The van der Waals surface area contributed by atoms with E-state index in [9.17, 15) is 19.2 Å². The van der Waals surface area contributed by atoms with Crippen LogP contribution in [0.1, 0.15) is 32.7 Å². The third-order valence-corrected chi connectivity index (χ3v) is 11.0. The van der Waals surface area contributed by atoms with E-state index in [0.29, 0.717) is 55.3 Å². The summed E-state index contributed by atoms with van der Waals surface area (Å²) in [5.74, 6) is -0.655. The first-order valence-electron chi connectivity index (χ1n) is 15.0. The van der Waals surface area contributed by atoms with Crippen LogP contribution >= 0.6 is 34.8 Å². The van der Waals surface area contributed by atoms with Crippen LogP contribution in [0.3, 0.4) is 0 Å². The number of nitrogens with zero attached hydrogens (tertiary/aromatic N) is 2. The van der Waals surface area contributed by atoms with Gasteiger partial charge in [-0.3, -0.25) is 19.3 Å². The third kappa shape index (κ3) is 4.51. The van der Waals surface area contributed by atoms with E-state index in [-0.39, 0.29) is 51.6 Å². The van der Waals surface area contributed by atoms with Gasteiger partial charge in [0.15, 0.2) is 6.61 Å². The van der Waals surface area contributed by atoms with Gasteiger partial charge >= 0.3 is 5.97 Å². The summed E-state index contributed by atoms with van der Waals surface area (Å²) in [6.07, 6.45) is 5.42. The van der Waals surface area contributed by atoms with Crippen LogP contribution in [0.5, 0.6) is 0 Å². The summed E-state index contributed by atoms with van der Waals surface area (Å²) in [4.78, 5) is 59.6. The molecule has 5 aliphatic rings. The molecule has 2 heterocycles. The van der Waals surface area contributed by atoms with E-state index in [1.54, 1.807) is 42.5 Å². The summed E-state index contributed by atoms with van der Waals surface area (Å²) in [6.45, 7) is 1.28. The number of benzene rings is 3. The van der Waals surface area contributed by atoms with E-state index < -0.39 is 18.4 Å². The number of ketones is 1. The molecule has 2 bridgehead atoms. The van der Waals surface area contributed by atoms with Crippen molar-refractivity contribution < 1.29 is 23.9 Å². The molecule has 10 heteroatoms. The molecule has 2 saturated carbocycles. The van der Waals surface area contributed by atoms with Gasteiger partial charge in [-0.15, -0.1) is 0 Å². The molecule has 230 valence electrons. The van der Waals surface area contributed by atoms with Crippen LogP contribution in [0.15, 0.2) is 72.8 Å². The van der Waals surface area contributed by atoms with Gasteiger partial charge in [-0.2, -0.15) is 0 Å². The molecule has 1 aliphatic heterocycles. The van der Waals surface area contributed by atoms with Crippen LogP contribution < -0.4 is 4.90 Å². The molecule has 1 saturated heterocycles. The first-order chi connectivity index (χ1) is 22.1. The van der Waals surface area contributed by atoms with E-state index in [1.165, 1.54) is 23.1 Å². The normalized spacial score (nSPS) is 25.5. The number of hydrogen-bond acceptors (Lipinski definition) is 6. The smallest absolute Gasteiger partial charge is 0.339 e. The number of ether oxygens (including phenoxy) is 1. The summed E-state index contributed by atoms with van der Waals surface area (Å²) in [5, 5.41) is 1.54. The highest BCUT2D eigenvalue weighted by Crippen LogP contribution is 2.65. The Morgan fingerprint density at radius 3 is 2.17 bits per heavy atom. The maximum absolute atomic E-state index is 13.6. The topological polar surface area (TPSA) is 93.6 Å². The Kier molecular flexibility index (Phi) is 6.87. The molecule has 1 aromatic heterocycles. The molecule has 3 aromatic carbocycles. The molecule has 9 rings (SSSR count). The Morgan fingerprint density at radius 2 is 1.52 bits per heavy atom. The fourth-order valence-electron chi connectivity index (χ4n) is 7.72. The number of allylic oxidation sites excluding steroid dienone is 2. The predicted octanol–water partition coefficient (Wildman–Crippen LogP) is 7.77. The summed E-state index contributed by atoms with van der Waals surface area (Å²) < 4.78 is 5.46. The van der Waals surface area contributed by atoms with Gasteiger partial charge in [-0.25, -0.2) is 9.78 Å². The van der Waals surface area contributed by atoms with Gasteiger partial charge in [-0.1, -0.05) is 65.2 Å². The SMILES string of the molecule is Cc1c(Cl)ccc2c(C(=O)OCC(=O)c3ccc(Cl)cc3Cl)cc(-c3ccc(N4C(=O)C5C6C=CC(C7CC67)C5C4=O)cc3)nc12. The van der Waals surface area contributed by atoms with Crippen molar-refractivity contribution in [1.82, 2.24) is 4.98 Å². The molecule has 6 atom stereocenters. The molecule has 6 unspecified atom stereocenters. The van der Waals surface area contributed by atoms with Crippen molar-refractivity contribution in [2.24, 2.45) is 35.5 Å². The Hall–Kier alpha value is -4.04. The van der Waals surface area contributed by atoms with Crippen molar-refractivity contribution in [3.05, 3.63) is 105 Å². The van der Waals surface area contributed by atoms with Crippen molar-refractivity contribution in [2.75, 3.05) is 11.5 Å². The van der Waals surface area contributed by atoms with E-state index in [0.717, 1.165) is 6.42 Å². The Morgan fingerprint density at radius 1 is 0.848 bits per heavy atom. The first-order valence-corrected chi connectivity index (χ1v) is 16.2. The quantitative estimate of drug-likeness (QED) is 0.0900. The maximum atomic E-state index is 13.6. The Labute approximate surface area is 279 Å². The average molecular weight is 672 g/mol. The second kappa shape index (κ2) is 10.8. The van der Waals surface area contributed by atoms with E-state index in [4.69, 9.17) is 44.5 Å². The number of fused-ring (bicyclic) bond motifs is 1. The molecule has 0 N–H and O–H groups in total. The number of aryl methyl sites for hydroxylation is 1. The lowest BCUT2D eigenvalue weighted by molar-refractivity contribution is -0.124. The minimum Gasteiger partial charge on any atom is -0.454 e. The number of hydrogen-bond donors (Lipinski definition) is 0. The number of esters is 1. The summed E-state index contributed by atoms with van der Waals surface area (Å²) in [7, 11) is 0. The minimum absolute atomic E-state index is 0.124. The lowest BCUT2D eigenvalue weighted by Gasteiger charge is -2.37. The van der Waals surface area contributed by atoms with Crippen LogP contribution in [0.4, 0.5) is 5.69 Å². The van der Waals surface area contributed by atoms with Crippen molar-refractivity contribution in [3.63, 3.8) is 0 Å². The fourth-order valence-corrected chi connectivity index (χ4v) is 8.38. The molecule has 3 fully saturated rings. The highest BCUT2D eigenvalue weighted by atomic mass is 35.5. The molecule has 4 aromatic rings. The highest BCUT2D eigenvalue weighted by molar-refractivity contribution is 6.37. The highest BCUT2D eigenvalue weighted by Gasteiger charge is 2.67. The number of aromatic nitrogens is 1. The number of anilines is 1. The van der Waals surface area contributed by atoms with E-state index >= 15 is 0 Å². The largest absolute Gasteiger partial charge is 0.454 e. The molecular weight excluding hydrogens is 647 g/mol. The number of halogens is 3. The number of amides is 2. The van der Waals surface area contributed by atoms with Crippen molar-refractivity contribution >= 4 is 75.0 Å². The number of Topliss-reactive ketones (excluding diaryl/α,β-unsaturated/α-hetero) is 1. The molecule has 0 radical (unpaired) electrons. The summed E-state index contributed by atoms with van der Waals surface area (Å²) >= 11 is 18.5. The second-order valence-corrected chi connectivity index (χ2v) is 13.7. The number of imide groups is 1. The maximum Gasteiger partial charge on any atom is 0.339 e. The molecule has 2 amide bonds. The number of rotatable bonds is 6. The van der Waals surface area contributed by atoms with Gasteiger partial charge in [0.05, 0.1) is 39.3 Å². The van der Waals surface area contributed by atoms with Crippen LogP contribution in [-0.2, 0) is 14.3 Å². The molecular formula is C36H25Cl3N2O5. The lowest BCUT2D eigenvalue weighted by Crippen LogP contribution is -2.40. The van der Waals surface area contributed by atoms with Gasteiger partial charge in [0.2, 0.25) is 17.6 Å². The zero-order valence-electron chi connectivity index (χ0n) is 24.4. The lowest BCUT2D eigenvalue weighted by atomic mass is 9.63. The van der Waals surface area contributed by atoms with Crippen molar-refractivity contribution in [2.45, 2.75) is 13.3 Å². The Bertz CT molecular complexity index is 2020. The summed E-state index contributed by atoms with van der Waals surface area (Å²) in [6, 6.07) is 16.5. The van der Waals surface area contributed by atoms with Gasteiger partial charge in [0.25, 0.3) is 0 Å². The molecule has 0 spiro atoms. The minimum atomic E-state index is -0.720. The summed E-state index contributed by atoms with van der Waals surface area (Å²) in [5.41, 5.74) is 3.20. The predicted molar refractivity (Wildman–Crippen MR) is 175 cm³/mol. The Balaban J connectivity index is 1.09. The van der Waals surface area contributed by atoms with Crippen molar-refractivity contribution in [3.8, 4) is 11.3 Å². The first kappa shape index (κ1) is 29.4. The van der Waals surface area contributed by atoms with E-state index in [1.807, 2.05) is 6.92 Å². The second-order valence-electron chi connectivity index (χ2n) is 12.5. The van der Waals surface area contributed by atoms with Gasteiger partial charge in [-0.05, 0) is 85.0 Å². The third-order valence-electron chi connectivity index (χ3n) is 10.0. The zero-order chi connectivity index (χ0) is 32.0. The van der Waals surface area contributed by atoms with Crippen molar-refractivity contribution in [1.29, 1.82) is 0 Å². The zero-order valence-corrected chi connectivity index (χ0v) is 26.6. The average Bonchev–Trinajstić information content (AvgIpc) is 3.83. The number of carbonyl (C=O) groups is 4. The van der Waals surface area contributed by atoms with Gasteiger partial charge in [0, 0.05) is 26.6 Å². The number of pyridine rings is 1. The van der Waals surface area contributed by atoms with Crippen LogP contribution in [0, 0.1) is 42.4 Å². The molecule has 46 heavy (non-hydrogen) atoms. The molecule has 4 aliphatic carbocycles. The standard InChI is InChI=1S/C36H25Cl3N2O5/c1-16-27(38)11-10-22-26(36(45)46-15-30(42)23-7-4-18(37)12-28(23)39)14-29(40-33(16)22)17-2-5-19(6-3-17)41-34(43)31-20-8-9-21(25-13-24(20)25)32(31)35(41)44/h2-12,14,20-21,24-25,31-32H,13,15H2,1H3. The van der Waals surface area contributed by atoms with Crippen LogP contribution in [-0.4, -0.2) is 35.2 Å². The number of carbonyl (C=O) groups excluding carboxylic acids is 4. The van der Waals surface area contributed by atoms with Gasteiger partial charge in [0.1, 0.15) is 0 Å². The van der Waals surface area contributed by atoms with Crippen LogP contribution in [0.25, 0.3) is 22.2 Å². The monoisotopic (exact) mass is 670 g/mol. The van der Waals surface area contributed by atoms with Gasteiger partial charge < -0.3 is 4.74 Å². The van der Waals surface area contributed by atoms with Crippen LogP contribution in [0.2, 0.25) is 15.1 Å². The fraction of sp³-hybridized carbons (Fsp3) is 0.250. The van der Waals surface area contributed by atoms with E-state index in [2.05, 4.69) is 12.2 Å².